The summed E-state index contributed by atoms with van der Waals surface area (Å²) >= 11 is 0. The second-order valence-corrected chi connectivity index (χ2v) is 5.40. The van der Waals surface area contributed by atoms with Crippen molar-refractivity contribution in [2.45, 2.75) is 0 Å². The van der Waals surface area contributed by atoms with E-state index in [2.05, 4.69) is 20.0 Å². The lowest BCUT2D eigenvalue weighted by molar-refractivity contribution is 0.0600. The van der Waals surface area contributed by atoms with Crippen LogP contribution >= 0.6 is 0 Å². The number of carbonyl (C=O) groups is 2. The number of hydrogen-bond donors (Lipinski definition) is 1. The van der Waals surface area contributed by atoms with Gasteiger partial charge in [0.15, 0.2) is 0 Å². The summed E-state index contributed by atoms with van der Waals surface area (Å²) in [6, 6.07) is 6.52. The highest BCUT2D eigenvalue weighted by Crippen LogP contribution is 2.14. The Morgan fingerprint density at radius 3 is 2.56 bits per heavy atom. The van der Waals surface area contributed by atoms with E-state index >= 15 is 0 Å². The van der Waals surface area contributed by atoms with E-state index in [1.807, 2.05) is 4.90 Å². The largest absolute Gasteiger partial charge is 0.465 e. The number of hydrogen-bond acceptors (Lipinski definition) is 7. The zero-order chi connectivity index (χ0) is 17.6. The lowest BCUT2D eigenvalue weighted by atomic mass is 10.2. The van der Waals surface area contributed by atoms with Gasteiger partial charge in [-0.3, -0.25) is 4.79 Å². The van der Waals surface area contributed by atoms with E-state index in [1.165, 1.54) is 19.5 Å². The maximum Gasteiger partial charge on any atom is 0.337 e. The first-order valence-corrected chi connectivity index (χ1v) is 7.82. The molecule has 8 heteroatoms. The fourth-order valence-corrected chi connectivity index (χ4v) is 2.41. The summed E-state index contributed by atoms with van der Waals surface area (Å²) in [7, 11) is 1.31. The molecule has 1 aliphatic heterocycles. The Hall–Kier alpha value is -3.00. The number of carbonyl (C=O) groups excluding carboxylic acids is 2. The molecule has 1 saturated heterocycles. The van der Waals surface area contributed by atoms with Gasteiger partial charge in [-0.2, -0.15) is 0 Å². The molecule has 2 heterocycles. The Labute approximate surface area is 144 Å². The number of aromatic nitrogens is 2. The third-order valence-electron chi connectivity index (χ3n) is 3.74. The second kappa shape index (κ2) is 7.71. The van der Waals surface area contributed by atoms with Crippen LogP contribution in [0.4, 0.5) is 11.6 Å². The van der Waals surface area contributed by atoms with Gasteiger partial charge in [0, 0.05) is 31.2 Å². The Morgan fingerprint density at radius 2 is 1.88 bits per heavy atom. The Kier molecular flexibility index (Phi) is 5.20. The van der Waals surface area contributed by atoms with Gasteiger partial charge in [-0.15, -0.1) is 0 Å². The number of rotatable bonds is 4. The van der Waals surface area contributed by atoms with E-state index in [0.717, 1.165) is 13.1 Å². The zero-order valence-electron chi connectivity index (χ0n) is 13.8. The summed E-state index contributed by atoms with van der Waals surface area (Å²) in [5.41, 5.74) is 1.19. The Bertz CT molecular complexity index is 757. The van der Waals surface area contributed by atoms with Crippen molar-refractivity contribution in [2.75, 3.05) is 43.6 Å². The van der Waals surface area contributed by atoms with Crippen molar-refractivity contribution in [1.29, 1.82) is 0 Å². The average molecular weight is 342 g/mol. The molecule has 1 N–H and O–H groups in total. The third kappa shape index (κ3) is 4.10. The van der Waals surface area contributed by atoms with Crippen molar-refractivity contribution in [3.8, 4) is 0 Å². The molecule has 0 aliphatic carbocycles. The van der Waals surface area contributed by atoms with Gasteiger partial charge in [0.1, 0.15) is 0 Å². The predicted molar refractivity (Wildman–Crippen MR) is 90.8 cm³/mol. The summed E-state index contributed by atoms with van der Waals surface area (Å²) in [4.78, 5) is 34.4. The number of morpholine rings is 1. The number of nitrogens with one attached hydrogen (secondary N) is 1. The van der Waals surface area contributed by atoms with Gasteiger partial charge >= 0.3 is 5.97 Å². The van der Waals surface area contributed by atoms with E-state index in [-0.39, 0.29) is 5.91 Å². The quantitative estimate of drug-likeness (QED) is 0.838. The standard InChI is InChI=1S/C17H18N4O4/c1-24-16(23)12-3-2-4-14(9-12)20-15(22)13-10-18-17(19-11-13)21-5-7-25-8-6-21/h2-4,9-11H,5-8H2,1H3,(H,20,22). The molecule has 0 atom stereocenters. The van der Waals surface area contributed by atoms with Crippen molar-refractivity contribution in [1.82, 2.24) is 9.97 Å². The van der Waals surface area contributed by atoms with Gasteiger partial charge in [0.25, 0.3) is 5.91 Å². The summed E-state index contributed by atoms with van der Waals surface area (Å²) < 4.78 is 9.96. The molecule has 130 valence electrons. The van der Waals surface area contributed by atoms with Crippen LogP contribution in [-0.4, -0.2) is 55.3 Å². The first kappa shape index (κ1) is 16.8. The van der Waals surface area contributed by atoms with Crippen molar-refractivity contribution in [3.63, 3.8) is 0 Å². The minimum Gasteiger partial charge on any atom is -0.465 e. The van der Waals surface area contributed by atoms with Crippen LogP contribution < -0.4 is 10.2 Å². The maximum absolute atomic E-state index is 12.3. The summed E-state index contributed by atoms with van der Waals surface area (Å²) in [6.45, 7) is 2.74. The van der Waals surface area contributed by atoms with Crippen LogP contribution in [0.3, 0.4) is 0 Å². The smallest absolute Gasteiger partial charge is 0.337 e. The van der Waals surface area contributed by atoms with Crippen LogP contribution in [0.15, 0.2) is 36.7 Å². The van der Waals surface area contributed by atoms with Gasteiger partial charge in [-0.25, -0.2) is 14.8 Å². The van der Waals surface area contributed by atoms with Gasteiger partial charge in [0.05, 0.1) is 31.5 Å². The second-order valence-electron chi connectivity index (χ2n) is 5.40. The summed E-state index contributed by atoms with van der Waals surface area (Å²) in [6.07, 6.45) is 2.97. The molecular weight excluding hydrogens is 324 g/mol. The van der Waals surface area contributed by atoms with Crippen LogP contribution in [0.25, 0.3) is 0 Å². The van der Waals surface area contributed by atoms with Crippen LogP contribution in [0.1, 0.15) is 20.7 Å². The zero-order valence-corrected chi connectivity index (χ0v) is 13.8. The van der Waals surface area contributed by atoms with Gasteiger partial charge in [0.2, 0.25) is 5.95 Å². The minimum absolute atomic E-state index is 0.334. The van der Waals surface area contributed by atoms with E-state index in [0.29, 0.717) is 36.0 Å². The number of benzene rings is 1. The number of esters is 1. The van der Waals surface area contributed by atoms with E-state index in [9.17, 15) is 9.59 Å². The molecule has 2 aromatic rings. The van der Waals surface area contributed by atoms with Crippen LogP contribution in [0.2, 0.25) is 0 Å². The Balaban J connectivity index is 1.68. The van der Waals surface area contributed by atoms with E-state index < -0.39 is 5.97 Å². The molecular formula is C17H18N4O4. The normalized spacial score (nSPS) is 14.0. The van der Waals surface area contributed by atoms with Crippen LogP contribution in [0, 0.1) is 0 Å². The monoisotopic (exact) mass is 342 g/mol. The van der Waals surface area contributed by atoms with Crippen LogP contribution in [0.5, 0.6) is 0 Å². The number of nitrogens with zero attached hydrogens (tertiary/aromatic N) is 3. The highest BCUT2D eigenvalue weighted by molar-refractivity contribution is 6.04. The highest BCUT2D eigenvalue weighted by atomic mass is 16.5. The molecule has 25 heavy (non-hydrogen) atoms. The van der Waals surface area contributed by atoms with E-state index in [1.54, 1.807) is 24.3 Å². The molecule has 1 aromatic carbocycles. The molecule has 3 rings (SSSR count). The fourth-order valence-electron chi connectivity index (χ4n) is 2.41. The van der Waals surface area contributed by atoms with Crippen molar-refractivity contribution in [3.05, 3.63) is 47.8 Å². The third-order valence-corrected chi connectivity index (χ3v) is 3.74. The molecule has 1 amide bonds. The molecule has 0 spiro atoms. The maximum atomic E-state index is 12.3. The van der Waals surface area contributed by atoms with Gasteiger partial charge in [-0.1, -0.05) is 6.07 Å². The molecule has 1 aromatic heterocycles. The first-order valence-electron chi connectivity index (χ1n) is 7.82. The van der Waals surface area contributed by atoms with E-state index in [4.69, 9.17) is 4.74 Å². The molecule has 1 fully saturated rings. The topological polar surface area (TPSA) is 93.6 Å². The number of methoxy groups -OCH3 is 1. The molecule has 8 nitrogen and oxygen atoms in total. The molecule has 0 radical (unpaired) electrons. The molecule has 0 unspecified atom stereocenters. The lowest BCUT2D eigenvalue weighted by Crippen LogP contribution is -2.37. The minimum atomic E-state index is -0.464. The Morgan fingerprint density at radius 1 is 1.16 bits per heavy atom. The van der Waals surface area contributed by atoms with Gasteiger partial charge < -0.3 is 19.7 Å². The first-order chi connectivity index (χ1) is 12.2. The van der Waals surface area contributed by atoms with Crippen molar-refractivity contribution >= 4 is 23.5 Å². The van der Waals surface area contributed by atoms with Gasteiger partial charge in [-0.05, 0) is 18.2 Å². The SMILES string of the molecule is COC(=O)c1cccc(NC(=O)c2cnc(N3CCOCC3)nc2)c1. The molecule has 1 aliphatic rings. The average Bonchev–Trinajstić information content (AvgIpc) is 2.68. The lowest BCUT2D eigenvalue weighted by Gasteiger charge is -2.26. The fraction of sp³-hybridized carbons (Fsp3) is 0.294. The van der Waals surface area contributed by atoms with Crippen molar-refractivity contribution in [2.24, 2.45) is 0 Å². The highest BCUT2D eigenvalue weighted by Gasteiger charge is 2.15. The molecule has 0 bridgehead atoms. The predicted octanol–water partition coefficient (Wildman–Crippen LogP) is 1.35. The van der Waals surface area contributed by atoms with Crippen LogP contribution in [-0.2, 0) is 9.47 Å². The molecule has 0 saturated carbocycles. The number of ether oxygens (including phenoxy) is 2. The number of anilines is 2. The van der Waals surface area contributed by atoms with Crippen molar-refractivity contribution < 1.29 is 19.1 Å². The number of amides is 1. The summed E-state index contributed by atoms with van der Waals surface area (Å²) in [5.74, 6) is -0.239. The summed E-state index contributed by atoms with van der Waals surface area (Å²) in [5, 5.41) is 2.72.